The van der Waals surface area contributed by atoms with Crippen LogP contribution in [-0.2, 0) is 0 Å². The molecule has 0 aromatic heterocycles. The van der Waals surface area contributed by atoms with Gasteiger partial charge in [-0.15, -0.1) is 6.54 Å². The summed E-state index contributed by atoms with van der Waals surface area (Å²) in [7, 11) is 0. The van der Waals surface area contributed by atoms with Crippen molar-refractivity contribution in [3.05, 3.63) is 6.42 Å². The zero-order valence-corrected chi connectivity index (χ0v) is 14.3. The quantitative estimate of drug-likeness (QED) is 0.571. The number of likely N-dealkylation sites (tertiary alicyclic amines) is 1. The first-order chi connectivity index (χ1) is 5.30. The molecule has 0 atom stereocenters. The molecule has 0 aliphatic carbocycles. The third kappa shape index (κ3) is 7.20. The van der Waals surface area contributed by atoms with Gasteiger partial charge in [0.2, 0.25) is 0 Å². The van der Waals surface area contributed by atoms with Crippen LogP contribution >= 0.6 is 0 Å². The fraction of sp³-hybridized carbons (Fsp3) is 0.900. The van der Waals surface area contributed by atoms with Gasteiger partial charge >= 0.3 is 58.2 Å². The van der Waals surface area contributed by atoms with Crippen molar-refractivity contribution in [1.82, 2.24) is 4.90 Å². The molecule has 1 heterocycles. The van der Waals surface area contributed by atoms with E-state index >= 15 is 0 Å². The molecular formula is C10H22NRb. The number of hydrogen-bond acceptors (Lipinski definition) is 1. The maximum Gasteiger partial charge on any atom is 1.00 e. The first-order valence-corrected chi connectivity index (χ1v) is 4.86. The second kappa shape index (κ2) is 10.8. The molecule has 0 spiro atoms. The Balaban J connectivity index is 0. The van der Waals surface area contributed by atoms with E-state index in [-0.39, 0.29) is 58.2 Å². The molecule has 0 amide bonds. The first kappa shape index (κ1) is 16.2. The Morgan fingerprint density at radius 3 is 2.08 bits per heavy atom. The summed E-state index contributed by atoms with van der Waals surface area (Å²) in [4.78, 5) is 2.50. The number of nitrogens with zero attached hydrogens (tertiary/aromatic N) is 1. The maximum absolute atomic E-state index is 2.50. The van der Waals surface area contributed by atoms with Gasteiger partial charge in [0.25, 0.3) is 0 Å². The number of piperidine rings is 1. The van der Waals surface area contributed by atoms with E-state index in [1.54, 1.807) is 0 Å². The number of rotatable bonds is 1. The zero-order valence-electron chi connectivity index (χ0n) is 9.43. The average molecular weight is 242 g/mol. The van der Waals surface area contributed by atoms with Gasteiger partial charge in [-0.1, -0.05) is 20.3 Å². The molecule has 0 N–H and O–H groups in total. The van der Waals surface area contributed by atoms with Crippen LogP contribution in [0.25, 0.3) is 0 Å². The molecule has 2 heteroatoms. The maximum atomic E-state index is 2.50. The van der Waals surface area contributed by atoms with Gasteiger partial charge in [0.1, 0.15) is 0 Å². The fourth-order valence-electron chi connectivity index (χ4n) is 1.26. The van der Waals surface area contributed by atoms with Gasteiger partial charge in [0.05, 0.1) is 0 Å². The van der Waals surface area contributed by atoms with Gasteiger partial charge in [-0.2, -0.15) is 6.42 Å². The minimum absolute atomic E-state index is 0. The monoisotopic (exact) mass is 241 g/mol. The molecule has 0 saturated carbocycles. The summed E-state index contributed by atoms with van der Waals surface area (Å²) in [6.45, 7) is 11.0. The van der Waals surface area contributed by atoms with Crippen molar-refractivity contribution in [2.75, 3.05) is 13.1 Å². The van der Waals surface area contributed by atoms with Crippen molar-refractivity contribution in [1.29, 1.82) is 0 Å². The molecule has 0 radical (unpaired) electrons. The summed E-state index contributed by atoms with van der Waals surface area (Å²) in [5, 5.41) is 0. The molecule has 1 rings (SSSR count). The van der Waals surface area contributed by atoms with Crippen LogP contribution in [0, 0.1) is 6.42 Å². The predicted molar refractivity (Wildman–Crippen MR) is 51.6 cm³/mol. The van der Waals surface area contributed by atoms with Crippen molar-refractivity contribution in [3.63, 3.8) is 0 Å². The van der Waals surface area contributed by atoms with Crippen LogP contribution in [-0.4, -0.2) is 24.0 Å². The van der Waals surface area contributed by atoms with Crippen molar-refractivity contribution in [3.8, 4) is 0 Å². The van der Waals surface area contributed by atoms with E-state index in [0.29, 0.717) is 0 Å². The van der Waals surface area contributed by atoms with E-state index in [1.807, 2.05) is 13.8 Å². The Bertz CT molecular complexity index is 77.9. The third-order valence-electron chi connectivity index (χ3n) is 1.95. The van der Waals surface area contributed by atoms with E-state index < -0.39 is 0 Å². The standard InChI is InChI=1S/C8H16N.C2H6.Rb/c1-8(2)9-6-4-3-5-7-9;1-2;/h4,8H,3,5-7H2,1-2H3;1-2H3;/q-1;;+1. The molecule has 0 bridgehead atoms. The van der Waals surface area contributed by atoms with Crippen LogP contribution in [0.4, 0.5) is 0 Å². The molecule has 1 aliphatic rings. The Hall–Kier alpha value is 1.77. The molecule has 0 aromatic carbocycles. The molecule has 1 fully saturated rings. The fourth-order valence-corrected chi connectivity index (χ4v) is 1.26. The van der Waals surface area contributed by atoms with Gasteiger partial charge in [0.15, 0.2) is 0 Å². The van der Waals surface area contributed by atoms with Crippen LogP contribution in [0.5, 0.6) is 0 Å². The Morgan fingerprint density at radius 2 is 1.83 bits per heavy atom. The zero-order chi connectivity index (χ0) is 8.69. The van der Waals surface area contributed by atoms with Gasteiger partial charge in [-0.05, 0) is 20.4 Å². The molecule has 0 aromatic rings. The Morgan fingerprint density at radius 1 is 1.25 bits per heavy atom. The van der Waals surface area contributed by atoms with Gasteiger partial charge < -0.3 is 11.3 Å². The second-order valence-corrected chi connectivity index (χ2v) is 3.02. The van der Waals surface area contributed by atoms with E-state index in [0.717, 1.165) is 6.04 Å². The smallest absolute Gasteiger partial charge is 0.330 e. The number of hydrogen-bond donors (Lipinski definition) is 0. The van der Waals surface area contributed by atoms with E-state index in [1.165, 1.54) is 25.9 Å². The Labute approximate surface area is 127 Å². The van der Waals surface area contributed by atoms with Gasteiger partial charge in [-0.25, -0.2) is 0 Å². The van der Waals surface area contributed by atoms with E-state index in [2.05, 4.69) is 25.2 Å². The summed E-state index contributed by atoms with van der Waals surface area (Å²) < 4.78 is 0. The van der Waals surface area contributed by atoms with Crippen LogP contribution < -0.4 is 58.2 Å². The van der Waals surface area contributed by atoms with Crippen LogP contribution in [0.15, 0.2) is 0 Å². The summed E-state index contributed by atoms with van der Waals surface area (Å²) in [6, 6.07) is 0.738. The van der Waals surface area contributed by atoms with Gasteiger partial charge in [0, 0.05) is 6.04 Å². The van der Waals surface area contributed by atoms with Crippen molar-refractivity contribution < 1.29 is 58.2 Å². The molecule has 1 saturated heterocycles. The minimum Gasteiger partial charge on any atom is -0.330 e. The van der Waals surface area contributed by atoms with Crippen molar-refractivity contribution in [2.45, 2.75) is 46.6 Å². The minimum atomic E-state index is 0. The summed E-state index contributed by atoms with van der Waals surface area (Å²) in [5.74, 6) is 0. The summed E-state index contributed by atoms with van der Waals surface area (Å²) >= 11 is 0. The largest absolute Gasteiger partial charge is 1.00 e. The first-order valence-electron chi connectivity index (χ1n) is 4.86. The molecule has 68 valence electrons. The van der Waals surface area contributed by atoms with Crippen LogP contribution in [0.2, 0.25) is 0 Å². The van der Waals surface area contributed by atoms with Crippen LogP contribution in [0.1, 0.15) is 40.5 Å². The second-order valence-electron chi connectivity index (χ2n) is 3.02. The van der Waals surface area contributed by atoms with E-state index in [4.69, 9.17) is 0 Å². The molecular weight excluding hydrogens is 220 g/mol. The topological polar surface area (TPSA) is 3.24 Å². The normalized spacial score (nSPS) is 17.8. The summed E-state index contributed by atoms with van der Waals surface area (Å²) in [6.07, 6.45) is 5.06. The predicted octanol–water partition coefficient (Wildman–Crippen LogP) is -0.275. The molecule has 1 aliphatic heterocycles. The van der Waals surface area contributed by atoms with Gasteiger partial charge in [-0.3, -0.25) is 0 Å². The molecule has 12 heavy (non-hydrogen) atoms. The van der Waals surface area contributed by atoms with Crippen molar-refractivity contribution >= 4 is 0 Å². The average Bonchev–Trinajstić information content (AvgIpc) is 2.10. The molecule has 1 nitrogen and oxygen atoms in total. The summed E-state index contributed by atoms with van der Waals surface area (Å²) in [5.41, 5.74) is 0. The van der Waals surface area contributed by atoms with Crippen molar-refractivity contribution in [2.24, 2.45) is 0 Å². The SMILES string of the molecule is CC.CC(C)N1C[CH-]CCC1.[Rb+]. The third-order valence-corrected chi connectivity index (χ3v) is 1.95. The molecule has 0 unspecified atom stereocenters. The van der Waals surface area contributed by atoms with E-state index in [9.17, 15) is 0 Å². The van der Waals surface area contributed by atoms with Crippen LogP contribution in [0.3, 0.4) is 0 Å². The Kier molecular flexibility index (Phi) is 14.6.